The molecule has 4 heteroatoms. The third-order valence-corrected chi connectivity index (χ3v) is 3.23. The summed E-state index contributed by atoms with van der Waals surface area (Å²) >= 11 is 0. The molecule has 0 saturated carbocycles. The first-order valence-electron chi connectivity index (χ1n) is 7.71. The molecule has 2 N–H and O–H groups in total. The van der Waals surface area contributed by atoms with E-state index in [9.17, 15) is 9.59 Å². The van der Waals surface area contributed by atoms with E-state index < -0.39 is 0 Å². The Labute approximate surface area is 127 Å². The van der Waals surface area contributed by atoms with Crippen molar-refractivity contribution in [3.63, 3.8) is 0 Å². The molecule has 4 nitrogen and oxygen atoms in total. The zero-order chi connectivity index (χ0) is 15.7. The molecule has 1 aromatic carbocycles. The fourth-order valence-electron chi connectivity index (χ4n) is 1.83. The average Bonchev–Trinajstić information content (AvgIpc) is 2.47. The van der Waals surface area contributed by atoms with Crippen LogP contribution in [0.4, 0.5) is 0 Å². The molecule has 0 aliphatic heterocycles. The highest BCUT2D eigenvalue weighted by atomic mass is 16.2. The van der Waals surface area contributed by atoms with Gasteiger partial charge in [-0.3, -0.25) is 9.59 Å². The van der Waals surface area contributed by atoms with E-state index in [0.717, 1.165) is 19.3 Å². The van der Waals surface area contributed by atoms with Crippen molar-refractivity contribution in [1.29, 1.82) is 0 Å². The monoisotopic (exact) mass is 290 g/mol. The first-order valence-corrected chi connectivity index (χ1v) is 7.71. The fourth-order valence-corrected chi connectivity index (χ4v) is 1.83. The van der Waals surface area contributed by atoms with E-state index in [1.54, 1.807) is 24.3 Å². The maximum absolute atomic E-state index is 11.9. The number of benzene rings is 1. The second-order valence-electron chi connectivity index (χ2n) is 5.63. The van der Waals surface area contributed by atoms with Gasteiger partial charge < -0.3 is 10.6 Å². The topological polar surface area (TPSA) is 58.2 Å². The number of nitrogens with one attached hydrogen (secondary N) is 2. The van der Waals surface area contributed by atoms with Crippen molar-refractivity contribution < 1.29 is 9.59 Å². The zero-order valence-corrected chi connectivity index (χ0v) is 13.2. The van der Waals surface area contributed by atoms with Crippen LogP contribution in [0.5, 0.6) is 0 Å². The van der Waals surface area contributed by atoms with Crippen molar-refractivity contribution in [2.45, 2.75) is 40.0 Å². The summed E-state index contributed by atoms with van der Waals surface area (Å²) in [6.45, 7) is 7.69. The highest BCUT2D eigenvalue weighted by Gasteiger charge is 2.08. The Balaban J connectivity index is 2.49. The maximum atomic E-state index is 11.9. The molecule has 0 bridgehead atoms. The first-order chi connectivity index (χ1) is 10.0. The van der Waals surface area contributed by atoms with Crippen LogP contribution in [0.1, 0.15) is 60.7 Å². The van der Waals surface area contributed by atoms with Gasteiger partial charge in [-0.1, -0.05) is 27.2 Å². The largest absolute Gasteiger partial charge is 0.352 e. The third kappa shape index (κ3) is 6.43. The Kier molecular flexibility index (Phi) is 7.51. The molecule has 0 aliphatic carbocycles. The summed E-state index contributed by atoms with van der Waals surface area (Å²) in [5, 5.41) is 5.74. The van der Waals surface area contributed by atoms with Crippen LogP contribution in [0.2, 0.25) is 0 Å². The number of carbonyl (C=O) groups excluding carboxylic acids is 2. The molecule has 0 aliphatic rings. The molecule has 116 valence electrons. The molecule has 1 rings (SSSR count). The van der Waals surface area contributed by atoms with Crippen LogP contribution in [0.25, 0.3) is 0 Å². The second kappa shape index (κ2) is 9.16. The lowest BCUT2D eigenvalue weighted by atomic mass is 10.1. The summed E-state index contributed by atoms with van der Waals surface area (Å²) in [5.74, 6) is 0.392. The molecule has 0 spiro atoms. The van der Waals surface area contributed by atoms with E-state index in [-0.39, 0.29) is 11.8 Å². The molecule has 0 radical (unpaired) electrons. The van der Waals surface area contributed by atoms with Gasteiger partial charge in [-0.2, -0.15) is 0 Å². The van der Waals surface area contributed by atoms with E-state index in [4.69, 9.17) is 0 Å². The average molecular weight is 290 g/mol. The lowest BCUT2D eigenvalue weighted by Crippen LogP contribution is -2.26. The number of rotatable bonds is 8. The smallest absolute Gasteiger partial charge is 0.251 e. The summed E-state index contributed by atoms with van der Waals surface area (Å²) < 4.78 is 0. The molecule has 0 unspecified atom stereocenters. The molecule has 0 atom stereocenters. The minimum atomic E-state index is -0.0893. The summed E-state index contributed by atoms with van der Waals surface area (Å²) in [7, 11) is 0. The molecular weight excluding hydrogens is 264 g/mol. The van der Waals surface area contributed by atoms with Crippen LogP contribution in [-0.4, -0.2) is 24.9 Å². The third-order valence-electron chi connectivity index (χ3n) is 3.23. The Hall–Kier alpha value is -1.84. The van der Waals surface area contributed by atoms with E-state index in [2.05, 4.69) is 31.4 Å². The number of hydrogen-bond donors (Lipinski definition) is 2. The predicted octanol–water partition coefficient (Wildman–Crippen LogP) is 2.99. The standard InChI is InChI=1S/C17H26N2O2/c1-4-5-11-18-16(20)14-6-8-15(9-7-14)17(21)19-12-10-13(2)3/h6-9,13H,4-5,10-12H2,1-3H3,(H,18,20)(H,19,21). The lowest BCUT2D eigenvalue weighted by molar-refractivity contribution is 0.0940. The van der Waals surface area contributed by atoms with Crippen LogP contribution in [-0.2, 0) is 0 Å². The maximum Gasteiger partial charge on any atom is 0.251 e. The fraction of sp³-hybridized carbons (Fsp3) is 0.529. The molecule has 2 amide bonds. The van der Waals surface area contributed by atoms with Gasteiger partial charge in [0.05, 0.1) is 0 Å². The second-order valence-corrected chi connectivity index (χ2v) is 5.63. The van der Waals surface area contributed by atoms with Crippen LogP contribution >= 0.6 is 0 Å². The van der Waals surface area contributed by atoms with Crippen molar-refractivity contribution >= 4 is 11.8 Å². The van der Waals surface area contributed by atoms with Gasteiger partial charge >= 0.3 is 0 Å². The Morgan fingerprint density at radius 3 is 1.86 bits per heavy atom. The summed E-state index contributed by atoms with van der Waals surface area (Å²) in [4.78, 5) is 23.7. The van der Waals surface area contributed by atoms with Gasteiger partial charge in [0, 0.05) is 24.2 Å². The summed E-state index contributed by atoms with van der Waals surface area (Å²) in [5.41, 5.74) is 1.17. The summed E-state index contributed by atoms with van der Waals surface area (Å²) in [6, 6.07) is 6.77. The molecule has 1 aromatic rings. The zero-order valence-electron chi connectivity index (χ0n) is 13.2. The van der Waals surface area contributed by atoms with Crippen molar-refractivity contribution in [3.8, 4) is 0 Å². The number of unbranched alkanes of at least 4 members (excludes halogenated alkanes) is 1. The van der Waals surface area contributed by atoms with E-state index in [1.165, 1.54) is 0 Å². The minimum Gasteiger partial charge on any atom is -0.352 e. The van der Waals surface area contributed by atoms with Crippen molar-refractivity contribution in [2.75, 3.05) is 13.1 Å². The molecule has 0 heterocycles. The molecule has 0 aromatic heterocycles. The van der Waals surface area contributed by atoms with Gasteiger partial charge in [0.1, 0.15) is 0 Å². The van der Waals surface area contributed by atoms with Gasteiger partial charge in [-0.05, 0) is 43.0 Å². The SMILES string of the molecule is CCCCNC(=O)c1ccc(C(=O)NCCC(C)C)cc1. The normalized spacial score (nSPS) is 10.5. The van der Waals surface area contributed by atoms with Gasteiger partial charge in [0.15, 0.2) is 0 Å². The van der Waals surface area contributed by atoms with Crippen molar-refractivity contribution in [3.05, 3.63) is 35.4 Å². The Bertz CT molecular complexity index is 452. The van der Waals surface area contributed by atoms with Crippen molar-refractivity contribution in [2.24, 2.45) is 5.92 Å². The van der Waals surface area contributed by atoms with Gasteiger partial charge in [-0.15, -0.1) is 0 Å². The van der Waals surface area contributed by atoms with E-state index in [1.807, 2.05) is 0 Å². The molecule has 0 fully saturated rings. The summed E-state index contributed by atoms with van der Waals surface area (Å²) in [6.07, 6.45) is 2.99. The van der Waals surface area contributed by atoms with Gasteiger partial charge in [-0.25, -0.2) is 0 Å². The molecule has 21 heavy (non-hydrogen) atoms. The van der Waals surface area contributed by atoms with Crippen LogP contribution < -0.4 is 10.6 Å². The molecule has 0 saturated heterocycles. The quantitative estimate of drug-likeness (QED) is 0.723. The first kappa shape index (κ1) is 17.2. The van der Waals surface area contributed by atoms with Crippen molar-refractivity contribution in [1.82, 2.24) is 10.6 Å². The Morgan fingerprint density at radius 2 is 1.43 bits per heavy atom. The van der Waals surface area contributed by atoms with Gasteiger partial charge in [0.2, 0.25) is 0 Å². The number of amides is 2. The molecular formula is C17H26N2O2. The van der Waals surface area contributed by atoms with Crippen LogP contribution in [0, 0.1) is 5.92 Å². The van der Waals surface area contributed by atoms with Crippen LogP contribution in [0.15, 0.2) is 24.3 Å². The van der Waals surface area contributed by atoms with Gasteiger partial charge in [0.25, 0.3) is 11.8 Å². The number of hydrogen-bond acceptors (Lipinski definition) is 2. The lowest BCUT2D eigenvalue weighted by Gasteiger charge is -2.08. The predicted molar refractivity (Wildman–Crippen MR) is 85.5 cm³/mol. The number of carbonyl (C=O) groups is 2. The van der Waals surface area contributed by atoms with E-state index in [0.29, 0.717) is 30.1 Å². The highest BCUT2D eigenvalue weighted by molar-refractivity contribution is 5.97. The Morgan fingerprint density at radius 1 is 0.952 bits per heavy atom. The van der Waals surface area contributed by atoms with Crippen LogP contribution in [0.3, 0.4) is 0 Å². The minimum absolute atomic E-state index is 0.0878. The van der Waals surface area contributed by atoms with E-state index >= 15 is 0 Å². The highest BCUT2D eigenvalue weighted by Crippen LogP contribution is 2.05.